The molecule has 0 bridgehead atoms. The maximum atomic E-state index is 12.5. The predicted molar refractivity (Wildman–Crippen MR) is 117 cm³/mol. The van der Waals surface area contributed by atoms with E-state index in [4.69, 9.17) is 0 Å². The number of nitrogens with zero attached hydrogens (tertiary/aromatic N) is 3. The number of piperazine rings is 1. The van der Waals surface area contributed by atoms with Gasteiger partial charge in [0, 0.05) is 24.4 Å². The van der Waals surface area contributed by atoms with Crippen LogP contribution in [0.1, 0.15) is 15.2 Å². The Morgan fingerprint density at radius 2 is 1.84 bits per heavy atom. The average molecular weight is 436 g/mol. The number of nitrogens with one attached hydrogen (secondary N) is 1. The molecule has 1 aliphatic heterocycles. The van der Waals surface area contributed by atoms with Crippen LogP contribution in [0.4, 0.5) is 17.1 Å². The molecule has 1 saturated heterocycles. The van der Waals surface area contributed by atoms with Crippen LogP contribution in [-0.2, 0) is 0 Å². The minimum absolute atomic E-state index is 0.0950. The van der Waals surface area contributed by atoms with E-state index >= 15 is 0 Å². The van der Waals surface area contributed by atoms with Crippen molar-refractivity contribution in [3.05, 3.63) is 80.5 Å². The van der Waals surface area contributed by atoms with Crippen molar-refractivity contribution in [2.75, 3.05) is 26.2 Å². The number of nitro groups is 1. The minimum atomic E-state index is -0.689. The molecule has 2 aromatic carbocycles. The number of benzene rings is 2. The van der Waals surface area contributed by atoms with Gasteiger partial charge in [-0.15, -0.1) is 11.3 Å². The third-order valence-corrected chi connectivity index (χ3v) is 6.09. The molecule has 0 saturated carbocycles. The van der Waals surface area contributed by atoms with Crippen LogP contribution in [-0.4, -0.2) is 48.1 Å². The number of quaternary nitrogens is 1. The first kappa shape index (κ1) is 20.7. The van der Waals surface area contributed by atoms with E-state index in [0.717, 1.165) is 23.7 Å². The molecular formula is C22H20N4O4S. The number of carbonyl (C=O) groups is 1. The highest BCUT2D eigenvalue weighted by molar-refractivity contribution is 7.12. The molecule has 1 aromatic heterocycles. The van der Waals surface area contributed by atoms with Crippen molar-refractivity contribution in [1.29, 1.82) is 0 Å². The maximum Gasteiger partial charge on any atom is 0.264 e. The first-order chi connectivity index (χ1) is 15.0. The van der Waals surface area contributed by atoms with E-state index in [-0.39, 0.29) is 11.5 Å². The molecule has 31 heavy (non-hydrogen) atoms. The minimum Gasteiger partial charge on any atom is -0.867 e. The second-order valence-electron chi connectivity index (χ2n) is 7.13. The Kier molecular flexibility index (Phi) is 6.06. The molecule has 0 unspecified atom stereocenters. The fourth-order valence-electron chi connectivity index (χ4n) is 3.54. The zero-order chi connectivity index (χ0) is 21.8. The largest absolute Gasteiger partial charge is 0.867 e. The second kappa shape index (κ2) is 9.07. The predicted octanol–water partition coefficient (Wildman–Crippen LogP) is 2.15. The third kappa shape index (κ3) is 4.62. The number of hydrogen-bond acceptors (Lipinski definition) is 6. The molecule has 9 heteroatoms. The Labute approximate surface area is 182 Å². The summed E-state index contributed by atoms with van der Waals surface area (Å²) in [7, 11) is 0. The van der Waals surface area contributed by atoms with Crippen LogP contribution in [0.25, 0.3) is 0 Å². The quantitative estimate of drug-likeness (QED) is 0.376. The SMILES string of the molecule is O=C(c1cccs1)N1CC[NH+](c2ccc(N=Cc3cccc([N+](=O)[O-])c3[O-])cc2)CC1. The third-order valence-electron chi connectivity index (χ3n) is 5.24. The van der Waals surface area contributed by atoms with Crippen LogP contribution < -0.4 is 10.0 Å². The van der Waals surface area contributed by atoms with Gasteiger partial charge in [0.25, 0.3) is 11.6 Å². The average Bonchev–Trinajstić information content (AvgIpc) is 3.33. The lowest BCUT2D eigenvalue weighted by Crippen LogP contribution is -3.10. The molecule has 158 valence electrons. The molecule has 0 atom stereocenters. The number of rotatable bonds is 5. The summed E-state index contributed by atoms with van der Waals surface area (Å²) >= 11 is 1.47. The number of para-hydroxylation sites is 1. The van der Waals surface area contributed by atoms with Crippen LogP contribution >= 0.6 is 11.3 Å². The highest BCUT2D eigenvalue weighted by Gasteiger charge is 2.26. The summed E-state index contributed by atoms with van der Waals surface area (Å²) in [5, 5.41) is 24.9. The summed E-state index contributed by atoms with van der Waals surface area (Å²) in [6, 6.07) is 15.6. The number of nitro benzene ring substituents is 1. The first-order valence-corrected chi connectivity index (χ1v) is 10.7. The monoisotopic (exact) mass is 436 g/mol. The molecule has 4 rings (SSSR count). The fraction of sp³-hybridized carbons (Fsp3) is 0.182. The van der Waals surface area contributed by atoms with Crippen molar-refractivity contribution in [2.24, 2.45) is 4.99 Å². The van der Waals surface area contributed by atoms with Crippen molar-refractivity contribution in [3.63, 3.8) is 0 Å². The molecule has 1 amide bonds. The van der Waals surface area contributed by atoms with Gasteiger partial charge in [-0.2, -0.15) is 0 Å². The van der Waals surface area contributed by atoms with Crippen LogP contribution in [0, 0.1) is 10.1 Å². The van der Waals surface area contributed by atoms with Gasteiger partial charge in [-0.1, -0.05) is 18.2 Å². The van der Waals surface area contributed by atoms with Gasteiger partial charge >= 0.3 is 0 Å². The van der Waals surface area contributed by atoms with Crippen LogP contribution in [0.5, 0.6) is 5.75 Å². The van der Waals surface area contributed by atoms with Crippen molar-refractivity contribution in [1.82, 2.24) is 4.90 Å². The van der Waals surface area contributed by atoms with Crippen molar-refractivity contribution < 1.29 is 19.7 Å². The Morgan fingerprint density at radius 1 is 1.10 bits per heavy atom. The zero-order valence-electron chi connectivity index (χ0n) is 16.6. The fourth-order valence-corrected chi connectivity index (χ4v) is 4.23. The van der Waals surface area contributed by atoms with Crippen LogP contribution in [0.15, 0.2) is 65.0 Å². The molecular weight excluding hydrogens is 416 g/mol. The van der Waals surface area contributed by atoms with E-state index in [0.29, 0.717) is 18.8 Å². The van der Waals surface area contributed by atoms with Gasteiger partial charge in [0.05, 0.1) is 41.7 Å². The van der Waals surface area contributed by atoms with Crippen molar-refractivity contribution in [2.45, 2.75) is 0 Å². The van der Waals surface area contributed by atoms with Gasteiger partial charge in [0.2, 0.25) is 0 Å². The van der Waals surface area contributed by atoms with Crippen molar-refractivity contribution >= 4 is 40.5 Å². The highest BCUT2D eigenvalue weighted by atomic mass is 32.1. The Hall–Kier alpha value is -3.56. The summed E-state index contributed by atoms with van der Waals surface area (Å²) in [5.41, 5.74) is 1.48. The molecule has 3 aromatic rings. The van der Waals surface area contributed by atoms with Crippen molar-refractivity contribution in [3.8, 4) is 5.75 Å². The number of carbonyl (C=O) groups excluding carboxylic acids is 1. The number of thiophene rings is 1. The molecule has 1 fully saturated rings. The molecule has 0 radical (unpaired) electrons. The molecule has 1 aliphatic rings. The van der Waals surface area contributed by atoms with Gasteiger partial charge in [0.1, 0.15) is 5.69 Å². The van der Waals surface area contributed by atoms with E-state index < -0.39 is 16.4 Å². The molecule has 0 spiro atoms. The second-order valence-corrected chi connectivity index (χ2v) is 8.08. The smallest absolute Gasteiger partial charge is 0.264 e. The Bertz CT molecular complexity index is 1110. The molecule has 0 aliphatic carbocycles. The summed E-state index contributed by atoms with van der Waals surface area (Å²) in [5.74, 6) is -0.551. The van der Waals surface area contributed by atoms with E-state index in [1.807, 2.05) is 46.7 Å². The number of hydrogen-bond donors (Lipinski definition) is 1. The summed E-state index contributed by atoms with van der Waals surface area (Å²) in [4.78, 5) is 30.9. The molecule has 2 heterocycles. The lowest BCUT2D eigenvalue weighted by molar-refractivity contribution is -0.837. The standard InChI is InChI=1S/C22H20N4O4S/c27-21-16(3-1-4-19(21)26(29)30)15-23-17-6-8-18(9-7-17)24-10-12-25(13-11-24)22(28)20-5-2-14-31-20/h1-9,14-15,27H,10-13H2. The van der Waals surface area contributed by atoms with Gasteiger partial charge in [-0.3, -0.25) is 24.8 Å². The van der Waals surface area contributed by atoms with E-state index in [1.165, 1.54) is 40.7 Å². The number of aliphatic imine (C=N–C) groups is 1. The van der Waals surface area contributed by atoms with Gasteiger partial charge in [-0.25, -0.2) is 0 Å². The lowest BCUT2D eigenvalue weighted by atomic mass is 10.2. The number of amides is 1. The molecule has 8 nitrogen and oxygen atoms in total. The van der Waals surface area contributed by atoms with E-state index in [9.17, 15) is 20.0 Å². The summed E-state index contributed by atoms with van der Waals surface area (Å²) in [6.45, 7) is 3.05. The Morgan fingerprint density at radius 3 is 2.48 bits per heavy atom. The normalized spacial score (nSPS) is 14.8. The summed E-state index contributed by atoms with van der Waals surface area (Å²) in [6.07, 6.45) is 1.35. The Balaban J connectivity index is 1.38. The van der Waals surface area contributed by atoms with Gasteiger partial charge in [-0.05, 0) is 34.9 Å². The zero-order valence-corrected chi connectivity index (χ0v) is 17.4. The summed E-state index contributed by atoms with van der Waals surface area (Å²) < 4.78 is 0. The van der Waals surface area contributed by atoms with Crippen LogP contribution in [0.2, 0.25) is 0 Å². The topological polar surface area (TPSA) is 103 Å². The van der Waals surface area contributed by atoms with Crippen LogP contribution in [0.3, 0.4) is 0 Å². The van der Waals surface area contributed by atoms with E-state index in [2.05, 4.69) is 4.99 Å². The van der Waals surface area contributed by atoms with Gasteiger partial charge in [0.15, 0.2) is 0 Å². The lowest BCUT2D eigenvalue weighted by Gasteiger charge is -2.31. The van der Waals surface area contributed by atoms with E-state index in [1.54, 1.807) is 0 Å². The first-order valence-electron chi connectivity index (χ1n) is 9.79. The molecule has 1 N–H and O–H groups in total. The van der Waals surface area contributed by atoms with Gasteiger partial charge < -0.3 is 10.0 Å². The maximum absolute atomic E-state index is 12.5. The highest BCUT2D eigenvalue weighted by Crippen LogP contribution is 2.26.